The van der Waals surface area contributed by atoms with Gasteiger partial charge >= 0.3 is 0 Å². The Morgan fingerprint density at radius 1 is 1.40 bits per heavy atom. The number of anilines is 1. The van der Waals surface area contributed by atoms with Crippen LogP contribution in [0, 0.1) is 5.92 Å². The van der Waals surface area contributed by atoms with Crippen molar-refractivity contribution in [3.05, 3.63) is 12.4 Å². The summed E-state index contributed by atoms with van der Waals surface area (Å²) in [6.45, 7) is 10.0. The van der Waals surface area contributed by atoms with E-state index in [0.29, 0.717) is 12.0 Å². The molecule has 0 bridgehead atoms. The number of aryl methyl sites for hydroxylation is 1. The smallest absolute Gasteiger partial charge is 0.203 e. The molecule has 1 unspecified atom stereocenters. The molecule has 0 aliphatic carbocycles. The quantitative estimate of drug-likeness (QED) is 0.669. The molecule has 0 spiro atoms. The summed E-state index contributed by atoms with van der Waals surface area (Å²) < 4.78 is 7.55. The van der Waals surface area contributed by atoms with Crippen molar-refractivity contribution >= 4 is 5.95 Å². The Kier molecular flexibility index (Phi) is 7.62. The molecule has 1 aromatic heterocycles. The molecule has 0 radical (unpaired) electrons. The molecule has 5 heteroatoms. The van der Waals surface area contributed by atoms with Crippen LogP contribution in [0.1, 0.15) is 27.2 Å². The van der Waals surface area contributed by atoms with Gasteiger partial charge in [0.2, 0.25) is 5.95 Å². The van der Waals surface area contributed by atoms with Crippen LogP contribution in [-0.2, 0) is 11.3 Å². The number of hydrogen-bond donors (Lipinski definition) is 1. The molecule has 1 aromatic rings. The first-order valence-electron chi connectivity index (χ1n) is 7.54. The molecule has 1 heterocycles. The fourth-order valence-electron chi connectivity index (χ4n) is 2.09. The van der Waals surface area contributed by atoms with Gasteiger partial charge in [-0.3, -0.25) is 0 Å². The van der Waals surface area contributed by atoms with E-state index in [1.165, 1.54) is 0 Å². The molecule has 1 rings (SSSR count). The van der Waals surface area contributed by atoms with Gasteiger partial charge in [0, 0.05) is 44.7 Å². The maximum atomic E-state index is 5.38. The molecule has 20 heavy (non-hydrogen) atoms. The van der Waals surface area contributed by atoms with Crippen LogP contribution < -0.4 is 5.32 Å². The van der Waals surface area contributed by atoms with Gasteiger partial charge in [-0.2, -0.15) is 0 Å². The first-order chi connectivity index (χ1) is 9.54. The molecule has 116 valence electrons. The average molecular weight is 282 g/mol. The maximum absolute atomic E-state index is 5.38. The van der Waals surface area contributed by atoms with E-state index in [1.54, 1.807) is 0 Å². The van der Waals surface area contributed by atoms with E-state index >= 15 is 0 Å². The number of nitrogens with zero attached hydrogens (tertiary/aromatic N) is 3. The Labute approximate surface area is 123 Å². The second-order valence-electron chi connectivity index (χ2n) is 5.75. The number of hydrogen-bond acceptors (Lipinski definition) is 4. The van der Waals surface area contributed by atoms with Gasteiger partial charge in [0.15, 0.2) is 0 Å². The van der Waals surface area contributed by atoms with Crippen LogP contribution in [0.25, 0.3) is 0 Å². The monoisotopic (exact) mass is 282 g/mol. The lowest BCUT2D eigenvalue weighted by Crippen LogP contribution is -2.37. The second-order valence-corrected chi connectivity index (χ2v) is 5.75. The minimum absolute atomic E-state index is 0.401. The van der Waals surface area contributed by atoms with E-state index in [-0.39, 0.29) is 0 Å². The lowest BCUT2D eigenvalue weighted by Gasteiger charge is -2.26. The van der Waals surface area contributed by atoms with Gasteiger partial charge in [-0.1, -0.05) is 13.8 Å². The summed E-state index contributed by atoms with van der Waals surface area (Å²) in [6.07, 6.45) is 4.90. The molecule has 5 nitrogen and oxygen atoms in total. The molecule has 1 atom stereocenters. The lowest BCUT2D eigenvalue weighted by atomic mass is 10.0. The van der Waals surface area contributed by atoms with Crippen molar-refractivity contribution < 1.29 is 4.74 Å². The summed E-state index contributed by atoms with van der Waals surface area (Å²) in [6, 6.07) is 0.401. The number of likely N-dealkylation sites (N-methyl/N-ethyl adjacent to an activating group) is 1. The van der Waals surface area contributed by atoms with Crippen molar-refractivity contribution in [1.29, 1.82) is 0 Å². The van der Waals surface area contributed by atoms with Gasteiger partial charge in [-0.05, 0) is 33.4 Å². The first kappa shape index (κ1) is 17.0. The number of rotatable bonds is 10. The lowest BCUT2D eigenvalue weighted by molar-refractivity contribution is 0.142. The van der Waals surface area contributed by atoms with Gasteiger partial charge < -0.3 is 19.5 Å². The Morgan fingerprint density at radius 3 is 2.75 bits per heavy atom. The molecule has 0 aliphatic rings. The van der Waals surface area contributed by atoms with E-state index in [9.17, 15) is 0 Å². The van der Waals surface area contributed by atoms with Crippen molar-refractivity contribution in [2.45, 2.75) is 39.8 Å². The summed E-state index contributed by atoms with van der Waals surface area (Å²) in [5.41, 5.74) is 0. The van der Waals surface area contributed by atoms with Gasteiger partial charge in [0.05, 0.1) is 0 Å². The minimum atomic E-state index is 0.401. The molecule has 0 amide bonds. The fourth-order valence-corrected chi connectivity index (χ4v) is 2.09. The minimum Gasteiger partial charge on any atom is -0.382 e. The molecular weight excluding hydrogens is 252 g/mol. The van der Waals surface area contributed by atoms with Crippen LogP contribution in [0.15, 0.2) is 12.4 Å². The highest BCUT2D eigenvalue weighted by Crippen LogP contribution is 2.12. The van der Waals surface area contributed by atoms with Crippen molar-refractivity contribution in [3.8, 4) is 0 Å². The van der Waals surface area contributed by atoms with Crippen molar-refractivity contribution in [2.24, 2.45) is 5.92 Å². The summed E-state index contributed by atoms with van der Waals surface area (Å²) in [5, 5.41) is 3.57. The second kappa shape index (κ2) is 8.97. The Balaban J connectivity index is 2.55. The summed E-state index contributed by atoms with van der Waals surface area (Å²) in [4.78, 5) is 6.65. The highest BCUT2D eigenvalue weighted by molar-refractivity contribution is 5.28. The molecule has 0 fully saturated rings. The van der Waals surface area contributed by atoms with E-state index in [0.717, 1.165) is 38.7 Å². The highest BCUT2D eigenvalue weighted by atomic mass is 16.5. The fraction of sp³-hybridized carbons (Fsp3) is 0.800. The SMILES string of the molecule is CCOCCCn1ccnc1NC(CN(C)C)C(C)C. The molecular formula is C15H30N4O. The maximum Gasteiger partial charge on any atom is 0.203 e. The Morgan fingerprint density at radius 2 is 2.15 bits per heavy atom. The van der Waals surface area contributed by atoms with Crippen molar-refractivity contribution in [2.75, 3.05) is 39.2 Å². The zero-order valence-electron chi connectivity index (χ0n) is 13.6. The third-order valence-corrected chi connectivity index (χ3v) is 3.29. The Hall–Kier alpha value is -1.07. The number of ether oxygens (including phenoxy) is 1. The average Bonchev–Trinajstić information content (AvgIpc) is 2.81. The number of nitrogens with one attached hydrogen (secondary N) is 1. The zero-order chi connectivity index (χ0) is 15.0. The standard InChI is InChI=1S/C15H30N4O/c1-6-20-11-7-9-19-10-8-16-15(19)17-14(13(2)3)12-18(4)5/h8,10,13-14H,6-7,9,11-12H2,1-5H3,(H,16,17). The van der Waals surface area contributed by atoms with Gasteiger partial charge in [-0.15, -0.1) is 0 Å². The number of aromatic nitrogens is 2. The first-order valence-corrected chi connectivity index (χ1v) is 7.54. The van der Waals surface area contributed by atoms with Crippen LogP contribution in [-0.4, -0.2) is 54.3 Å². The summed E-state index contributed by atoms with van der Waals surface area (Å²) in [7, 11) is 4.21. The van der Waals surface area contributed by atoms with Gasteiger partial charge in [0.1, 0.15) is 0 Å². The van der Waals surface area contributed by atoms with Crippen LogP contribution in [0.4, 0.5) is 5.95 Å². The molecule has 1 N–H and O–H groups in total. The van der Waals surface area contributed by atoms with Crippen LogP contribution in [0.2, 0.25) is 0 Å². The molecule has 0 saturated carbocycles. The third-order valence-electron chi connectivity index (χ3n) is 3.29. The highest BCUT2D eigenvalue weighted by Gasteiger charge is 2.16. The number of imidazole rings is 1. The van der Waals surface area contributed by atoms with Crippen molar-refractivity contribution in [1.82, 2.24) is 14.5 Å². The van der Waals surface area contributed by atoms with Gasteiger partial charge in [-0.25, -0.2) is 4.98 Å². The molecule has 0 aromatic carbocycles. The third kappa shape index (κ3) is 5.92. The predicted octanol–water partition coefficient (Wildman–Crippen LogP) is 2.31. The van der Waals surface area contributed by atoms with Crippen molar-refractivity contribution in [3.63, 3.8) is 0 Å². The largest absolute Gasteiger partial charge is 0.382 e. The van der Waals surface area contributed by atoms with E-state index < -0.39 is 0 Å². The van der Waals surface area contributed by atoms with E-state index in [1.807, 2.05) is 19.3 Å². The van der Waals surface area contributed by atoms with Gasteiger partial charge in [0.25, 0.3) is 0 Å². The molecule has 0 aliphatic heterocycles. The predicted molar refractivity (Wildman–Crippen MR) is 84.1 cm³/mol. The zero-order valence-corrected chi connectivity index (χ0v) is 13.6. The van der Waals surface area contributed by atoms with Crippen LogP contribution in [0.3, 0.4) is 0 Å². The molecule has 0 saturated heterocycles. The summed E-state index contributed by atoms with van der Waals surface area (Å²) >= 11 is 0. The normalized spacial score (nSPS) is 13.2. The van der Waals surface area contributed by atoms with E-state index in [2.05, 4.69) is 47.7 Å². The van der Waals surface area contributed by atoms with Crippen LogP contribution >= 0.6 is 0 Å². The van der Waals surface area contributed by atoms with E-state index in [4.69, 9.17) is 4.74 Å². The Bertz CT molecular complexity index is 363. The van der Waals surface area contributed by atoms with Crippen LogP contribution in [0.5, 0.6) is 0 Å². The topological polar surface area (TPSA) is 42.3 Å². The summed E-state index contributed by atoms with van der Waals surface area (Å²) in [5.74, 6) is 1.52.